The molecule has 0 saturated heterocycles. The molecule has 0 aromatic heterocycles. The van der Waals surface area contributed by atoms with Crippen LogP contribution in [0.25, 0.3) is 0 Å². The molecule has 0 radical (unpaired) electrons. The van der Waals surface area contributed by atoms with Gasteiger partial charge in [-0.15, -0.1) is 0 Å². The van der Waals surface area contributed by atoms with Crippen molar-refractivity contribution < 1.29 is 19.0 Å². The summed E-state index contributed by atoms with van der Waals surface area (Å²) in [6.07, 6.45) is 1.79. The van der Waals surface area contributed by atoms with Gasteiger partial charge in [0, 0.05) is 13.6 Å². The van der Waals surface area contributed by atoms with Gasteiger partial charge in [0.25, 0.3) is 0 Å². The third-order valence-corrected chi connectivity index (χ3v) is 4.47. The molecule has 0 aliphatic heterocycles. The fourth-order valence-electron chi connectivity index (χ4n) is 2.60. The SMILES string of the molecule is CCN(C)C=Nc1cc(C)c(C(=O)OCc2ccc(OC)c(OC)c2)cc1C. The van der Waals surface area contributed by atoms with Gasteiger partial charge in [-0.25, -0.2) is 9.79 Å². The first kappa shape index (κ1) is 21.3. The van der Waals surface area contributed by atoms with Crippen molar-refractivity contribution in [2.75, 3.05) is 27.8 Å². The van der Waals surface area contributed by atoms with Gasteiger partial charge in [0.1, 0.15) is 6.61 Å². The van der Waals surface area contributed by atoms with Crippen molar-refractivity contribution in [1.82, 2.24) is 4.90 Å². The molecule has 6 nitrogen and oxygen atoms in total. The first-order valence-electron chi connectivity index (χ1n) is 9.13. The zero-order chi connectivity index (χ0) is 20.7. The molecule has 0 spiro atoms. The van der Waals surface area contributed by atoms with Crippen LogP contribution in [0.15, 0.2) is 35.3 Å². The van der Waals surface area contributed by atoms with Crippen molar-refractivity contribution in [3.05, 3.63) is 52.6 Å². The lowest BCUT2D eigenvalue weighted by Crippen LogP contribution is -2.14. The number of hydrogen-bond donors (Lipinski definition) is 0. The van der Waals surface area contributed by atoms with Crippen LogP contribution in [0.5, 0.6) is 11.5 Å². The number of aliphatic imine (C=N–C) groups is 1. The predicted octanol–water partition coefficient (Wildman–Crippen LogP) is 4.29. The summed E-state index contributed by atoms with van der Waals surface area (Å²) >= 11 is 0. The second kappa shape index (κ2) is 9.78. The molecule has 6 heteroatoms. The number of carbonyl (C=O) groups is 1. The number of carbonyl (C=O) groups excluding carboxylic acids is 1. The van der Waals surface area contributed by atoms with E-state index in [1.165, 1.54) is 0 Å². The van der Waals surface area contributed by atoms with Crippen LogP contribution >= 0.6 is 0 Å². The fraction of sp³-hybridized carbons (Fsp3) is 0.364. The van der Waals surface area contributed by atoms with E-state index in [1.54, 1.807) is 32.7 Å². The molecule has 0 amide bonds. The van der Waals surface area contributed by atoms with Crippen molar-refractivity contribution in [3.8, 4) is 11.5 Å². The molecule has 150 valence electrons. The number of rotatable bonds is 8. The van der Waals surface area contributed by atoms with Gasteiger partial charge >= 0.3 is 5.97 Å². The molecule has 0 fully saturated rings. The van der Waals surface area contributed by atoms with Gasteiger partial charge in [0.15, 0.2) is 11.5 Å². The molecular formula is C22H28N2O4. The molecule has 0 unspecified atom stereocenters. The first-order chi connectivity index (χ1) is 13.4. The van der Waals surface area contributed by atoms with Crippen LogP contribution in [0, 0.1) is 13.8 Å². The topological polar surface area (TPSA) is 60.4 Å². The molecule has 2 rings (SSSR count). The van der Waals surface area contributed by atoms with Crippen molar-refractivity contribution in [2.45, 2.75) is 27.4 Å². The smallest absolute Gasteiger partial charge is 0.338 e. The second-order valence-corrected chi connectivity index (χ2v) is 6.54. The minimum absolute atomic E-state index is 0.152. The third kappa shape index (κ3) is 5.25. The van der Waals surface area contributed by atoms with Crippen molar-refractivity contribution in [3.63, 3.8) is 0 Å². The van der Waals surface area contributed by atoms with Gasteiger partial charge in [-0.05, 0) is 61.7 Å². The van der Waals surface area contributed by atoms with Gasteiger partial charge in [-0.1, -0.05) is 6.07 Å². The van der Waals surface area contributed by atoms with Crippen LogP contribution in [0.1, 0.15) is 34.0 Å². The highest BCUT2D eigenvalue weighted by Crippen LogP contribution is 2.28. The largest absolute Gasteiger partial charge is 0.493 e. The molecule has 2 aromatic rings. The van der Waals surface area contributed by atoms with Crippen LogP contribution in [-0.2, 0) is 11.3 Å². The van der Waals surface area contributed by atoms with Crippen LogP contribution in [0.3, 0.4) is 0 Å². The molecule has 28 heavy (non-hydrogen) atoms. The summed E-state index contributed by atoms with van der Waals surface area (Å²) in [7, 11) is 5.12. The Kier molecular flexibility index (Phi) is 7.44. The molecule has 0 N–H and O–H groups in total. The zero-order valence-corrected chi connectivity index (χ0v) is 17.4. The van der Waals surface area contributed by atoms with Crippen LogP contribution in [0.4, 0.5) is 5.69 Å². The summed E-state index contributed by atoms with van der Waals surface area (Å²) in [5.41, 5.74) is 3.96. The van der Waals surface area contributed by atoms with Gasteiger partial charge in [-0.3, -0.25) is 0 Å². The second-order valence-electron chi connectivity index (χ2n) is 6.54. The van der Waals surface area contributed by atoms with E-state index in [2.05, 4.69) is 11.9 Å². The molecule has 0 saturated carbocycles. The van der Waals surface area contributed by atoms with Gasteiger partial charge < -0.3 is 19.1 Å². The summed E-state index contributed by atoms with van der Waals surface area (Å²) < 4.78 is 16.0. The van der Waals surface area contributed by atoms with Gasteiger partial charge in [0.2, 0.25) is 0 Å². The van der Waals surface area contributed by atoms with Gasteiger partial charge in [0.05, 0.1) is 31.8 Å². The highest BCUT2D eigenvalue weighted by molar-refractivity contribution is 5.92. The van der Waals surface area contributed by atoms with E-state index in [9.17, 15) is 4.79 Å². The maximum Gasteiger partial charge on any atom is 0.338 e. The molecule has 0 atom stereocenters. The van der Waals surface area contributed by atoms with E-state index in [0.29, 0.717) is 17.1 Å². The normalized spacial score (nSPS) is 10.8. The summed E-state index contributed by atoms with van der Waals surface area (Å²) in [5, 5.41) is 0. The van der Waals surface area contributed by atoms with Crippen molar-refractivity contribution in [1.29, 1.82) is 0 Å². The number of methoxy groups -OCH3 is 2. The van der Waals surface area contributed by atoms with Crippen molar-refractivity contribution in [2.24, 2.45) is 4.99 Å². The van der Waals surface area contributed by atoms with Gasteiger partial charge in [-0.2, -0.15) is 0 Å². The summed E-state index contributed by atoms with van der Waals surface area (Å²) in [5.74, 6) is 0.868. The number of hydrogen-bond acceptors (Lipinski definition) is 5. The van der Waals surface area contributed by atoms with Crippen molar-refractivity contribution >= 4 is 18.0 Å². The van der Waals surface area contributed by atoms with E-state index < -0.39 is 0 Å². The Bertz CT molecular complexity index is 862. The van der Waals surface area contributed by atoms with E-state index in [4.69, 9.17) is 14.2 Å². The Morgan fingerprint density at radius 1 is 1.07 bits per heavy atom. The molecule has 0 bridgehead atoms. The molecule has 0 aliphatic carbocycles. The zero-order valence-electron chi connectivity index (χ0n) is 17.4. The Balaban J connectivity index is 2.12. The predicted molar refractivity (Wildman–Crippen MR) is 111 cm³/mol. The Morgan fingerprint density at radius 2 is 1.79 bits per heavy atom. The average Bonchev–Trinajstić information content (AvgIpc) is 2.71. The molecular weight excluding hydrogens is 356 g/mol. The lowest BCUT2D eigenvalue weighted by atomic mass is 10.0. The number of ether oxygens (including phenoxy) is 3. The molecule has 2 aromatic carbocycles. The molecule has 0 heterocycles. The minimum atomic E-state index is -0.364. The Morgan fingerprint density at radius 3 is 2.43 bits per heavy atom. The highest BCUT2D eigenvalue weighted by Gasteiger charge is 2.14. The number of benzene rings is 2. The van der Waals surface area contributed by atoms with E-state index in [-0.39, 0.29) is 12.6 Å². The quantitative estimate of drug-likeness (QED) is 0.386. The average molecular weight is 384 g/mol. The number of nitrogens with zero attached hydrogens (tertiary/aromatic N) is 2. The third-order valence-electron chi connectivity index (χ3n) is 4.47. The van der Waals surface area contributed by atoms with Crippen LogP contribution in [0.2, 0.25) is 0 Å². The maximum atomic E-state index is 12.6. The lowest BCUT2D eigenvalue weighted by molar-refractivity contribution is 0.0471. The fourth-order valence-corrected chi connectivity index (χ4v) is 2.60. The Labute approximate surface area is 166 Å². The van der Waals surface area contributed by atoms with E-state index in [1.807, 2.05) is 44.0 Å². The standard InChI is InChI=1S/C22H28N2O4/c1-7-24(4)14-23-19-11-15(2)18(10-16(19)3)22(25)28-13-17-8-9-20(26-5)21(12-17)27-6/h8-12,14H,7,13H2,1-6H3. The number of esters is 1. The first-order valence-corrected chi connectivity index (χ1v) is 9.13. The molecule has 0 aliphatic rings. The summed E-state index contributed by atoms with van der Waals surface area (Å²) in [6, 6.07) is 9.16. The van der Waals surface area contributed by atoms with E-state index >= 15 is 0 Å². The van der Waals surface area contributed by atoms with E-state index in [0.717, 1.165) is 28.9 Å². The highest BCUT2D eigenvalue weighted by atomic mass is 16.5. The number of aryl methyl sites for hydroxylation is 2. The summed E-state index contributed by atoms with van der Waals surface area (Å²) in [6.45, 7) is 6.90. The van der Waals surface area contributed by atoms with Crippen LogP contribution < -0.4 is 9.47 Å². The maximum absolute atomic E-state index is 12.6. The lowest BCUT2D eigenvalue weighted by Gasteiger charge is -2.12. The minimum Gasteiger partial charge on any atom is -0.493 e. The summed E-state index contributed by atoms with van der Waals surface area (Å²) in [4.78, 5) is 19.0. The monoisotopic (exact) mass is 384 g/mol. The Hall–Kier alpha value is -3.02. The van der Waals surface area contributed by atoms with Crippen LogP contribution in [-0.4, -0.2) is 45.0 Å².